The highest BCUT2D eigenvalue weighted by Gasteiger charge is 2.33. The zero-order valence-corrected chi connectivity index (χ0v) is 13.0. The molecule has 6 nitrogen and oxygen atoms in total. The van der Waals surface area contributed by atoms with Crippen molar-refractivity contribution in [1.82, 2.24) is 19.9 Å². The molecule has 0 radical (unpaired) electrons. The van der Waals surface area contributed by atoms with Gasteiger partial charge in [-0.2, -0.15) is 11.3 Å². The molecular weight excluding hydrogens is 300 g/mol. The Balaban J connectivity index is 1.27. The Kier molecular flexibility index (Phi) is 3.67. The van der Waals surface area contributed by atoms with Gasteiger partial charge in [-0.3, -0.25) is 4.79 Å². The normalized spacial score (nSPS) is 18.5. The molecular formula is C15H18N4O2S. The lowest BCUT2D eigenvalue weighted by Gasteiger charge is -2.38. The molecule has 0 bridgehead atoms. The molecule has 116 valence electrons. The lowest BCUT2D eigenvalue weighted by Crippen LogP contribution is -2.50. The van der Waals surface area contributed by atoms with Crippen molar-refractivity contribution in [2.75, 3.05) is 19.7 Å². The summed E-state index contributed by atoms with van der Waals surface area (Å²) in [4.78, 5) is 14.0. The molecule has 0 atom stereocenters. The smallest absolute Gasteiger partial charge is 0.254 e. The van der Waals surface area contributed by atoms with Gasteiger partial charge >= 0.3 is 0 Å². The molecule has 4 rings (SSSR count). The Labute approximate surface area is 132 Å². The Hall–Kier alpha value is -1.73. The van der Waals surface area contributed by atoms with Crippen molar-refractivity contribution in [2.45, 2.75) is 25.5 Å². The van der Waals surface area contributed by atoms with Crippen LogP contribution in [0.3, 0.4) is 0 Å². The van der Waals surface area contributed by atoms with E-state index in [4.69, 9.17) is 4.74 Å². The SMILES string of the molecule is O=C(c1ccsc1)N1CC(n2cc(COCC3CC3)nn2)C1. The van der Waals surface area contributed by atoms with Crippen molar-refractivity contribution in [1.29, 1.82) is 0 Å². The van der Waals surface area contributed by atoms with Gasteiger partial charge in [0.05, 0.1) is 24.4 Å². The lowest BCUT2D eigenvalue weighted by molar-refractivity contribution is 0.0498. The van der Waals surface area contributed by atoms with Crippen molar-refractivity contribution < 1.29 is 9.53 Å². The average Bonchev–Trinajstić information content (AvgIpc) is 2.97. The van der Waals surface area contributed by atoms with Crippen LogP contribution in [0.4, 0.5) is 0 Å². The number of rotatable bonds is 6. The highest BCUT2D eigenvalue weighted by atomic mass is 32.1. The quantitative estimate of drug-likeness (QED) is 0.817. The van der Waals surface area contributed by atoms with Gasteiger partial charge in [-0.05, 0) is 30.2 Å². The number of aromatic nitrogens is 3. The van der Waals surface area contributed by atoms with Crippen LogP contribution in [0, 0.1) is 5.92 Å². The van der Waals surface area contributed by atoms with E-state index in [1.165, 1.54) is 12.8 Å². The first-order valence-electron chi connectivity index (χ1n) is 7.59. The minimum atomic E-state index is 0.102. The van der Waals surface area contributed by atoms with E-state index in [9.17, 15) is 4.79 Å². The Morgan fingerprint density at radius 1 is 1.41 bits per heavy atom. The summed E-state index contributed by atoms with van der Waals surface area (Å²) in [6.07, 6.45) is 4.52. The fraction of sp³-hybridized carbons (Fsp3) is 0.533. The molecule has 1 saturated heterocycles. The van der Waals surface area contributed by atoms with Crippen molar-refractivity contribution in [3.8, 4) is 0 Å². The van der Waals surface area contributed by atoms with E-state index >= 15 is 0 Å². The van der Waals surface area contributed by atoms with Crippen LogP contribution in [0.2, 0.25) is 0 Å². The van der Waals surface area contributed by atoms with Gasteiger partial charge in [-0.1, -0.05) is 5.21 Å². The number of likely N-dealkylation sites (tertiary alicyclic amines) is 1. The second-order valence-corrected chi connectivity index (χ2v) is 6.80. The maximum absolute atomic E-state index is 12.1. The van der Waals surface area contributed by atoms with Gasteiger partial charge in [0, 0.05) is 25.1 Å². The third kappa shape index (κ3) is 2.91. The molecule has 0 unspecified atom stereocenters. The first-order chi connectivity index (χ1) is 10.8. The Morgan fingerprint density at radius 3 is 3.00 bits per heavy atom. The topological polar surface area (TPSA) is 60.2 Å². The third-order valence-corrected chi connectivity index (χ3v) is 4.83. The number of nitrogens with zero attached hydrogens (tertiary/aromatic N) is 4. The molecule has 1 aliphatic heterocycles. The number of carbonyl (C=O) groups is 1. The fourth-order valence-electron chi connectivity index (χ4n) is 2.53. The molecule has 1 saturated carbocycles. The van der Waals surface area contributed by atoms with Gasteiger partial charge in [0.15, 0.2) is 0 Å². The van der Waals surface area contributed by atoms with Gasteiger partial charge in [0.2, 0.25) is 0 Å². The summed E-state index contributed by atoms with van der Waals surface area (Å²) in [5, 5.41) is 12.1. The molecule has 0 aromatic carbocycles. The van der Waals surface area contributed by atoms with Gasteiger partial charge in [-0.25, -0.2) is 4.68 Å². The number of ether oxygens (including phenoxy) is 1. The van der Waals surface area contributed by atoms with E-state index in [0.717, 1.165) is 23.8 Å². The maximum atomic E-state index is 12.1. The van der Waals surface area contributed by atoms with Crippen molar-refractivity contribution >= 4 is 17.2 Å². The van der Waals surface area contributed by atoms with Crippen LogP contribution in [-0.2, 0) is 11.3 Å². The first kappa shape index (κ1) is 13.9. The summed E-state index contributed by atoms with van der Waals surface area (Å²) in [5.41, 5.74) is 1.64. The van der Waals surface area contributed by atoms with Gasteiger partial charge in [0.1, 0.15) is 5.69 Å². The van der Waals surface area contributed by atoms with Crippen molar-refractivity contribution in [3.63, 3.8) is 0 Å². The highest BCUT2D eigenvalue weighted by molar-refractivity contribution is 7.08. The first-order valence-corrected chi connectivity index (χ1v) is 8.54. The molecule has 22 heavy (non-hydrogen) atoms. The Morgan fingerprint density at radius 2 is 2.27 bits per heavy atom. The summed E-state index contributed by atoms with van der Waals surface area (Å²) in [7, 11) is 0. The molecule has 0 N–H and O–H groups in total. The van der Waals surface area contributed by atoms with Crippen LogP contribution in [-0.4, -0.2) is 45.5 Å². The fourth-order valence-corrected chi connectivity index (χ4v) is 3.16. The highest BCUT2D eigenvalue weighted by Crippen LogP contribution is 2.29. The minimum Gasteiger partial charge on any atom is -0.375 e. The third-order valence-electron chi connectivity index (χ3n) is 4.15. The number of amides is 1. The molecule has 3 heterocycles. The van der Waals surface area contributed by atoms with Crippen LogP contribution in [0.15, 0.2) is 23.0 Å². The molecule has 2 aromatic heterocycles. The zero-order valence-electron chi connectivity index (χ0n) is 12.2. The van der Waals surface area contributed by atoms with Crippen LogP contribution in [0.25, 0.3) is 0 Å². The molecule has 1 aliphatic carbocycles. The maximum Gasteiger partial charge on any atom is 0.254 e. The van der Waals surface area contributed by atoms with Gasteiger partial charge in [0.25, 0.3) is 5.91 Å². The second kappa shape index (κ2) is 5.81. The van der Waals surface area contributed by atoms with E-state index in [-0.39, 0.29) is 11.9 Å². The number of thiophene rings is 1. The largest absolute Gasteiger partial charge is 0.375 e. The zero-order chi connectivity index (χ0) is 14.9. The van der Waals surface area contributed by atoms with E-state index in [1.807, 2.05) is 32.6 Å². The predicted molar refractivity (Wildman–Crippen MR) is 81.7 cm³/mol. The minimum absolute atomic E-state index is 0.102. The molecule has 2 fully saturated rings. The molecule has 2 aromatic rings. The number of carbonyl (C=O) groups excluding carboxylic acids is 1. The second-order valence-electron chi connectivity index (χ2n) is 6.02. The van der Waals surface area contributed by atoms with Crippen LogP contribution < -0.4 is 0 Å². The summed E-state index contributed by atoms with van der Waals surface area (Å²) in [5.74, 6) is 0.865. The number of hydrogen-bond acceptors (Lipinski definition) is 5. The molecule has 2 aliphatic rings. The van der Waals surface area contributed by atoms with Crippen molar-refractivity contribution in [3.05, 3.63) is 34.3 Å². The standard InChI is InChI=1S/C15H18N4O2S/c20-15(12-3-4-22-10-12)18-6-14(7-18)19-5-13(16-17-19)9-21-8-11-1-2-11/h3-5,10-11,14H,1-2,6-9H2. The van der Waals surface area contributed by atoms with Crippen molar-refractivity contribution in [2.24, 2.45) is 5.92 Å². The van der Waals surface area contributed by atoms with Crippen LogP contribution in [0.1, 0.15) is 34.9 Å². The average molecular weight is 318 g/mol. The summed E-state index contributed by atoms with van der Waals surface area (Å²) >= 11 is 1.55. The lowest BCUT2D eigenvalue weighted by atomic mass is 10.1. The summed E-state index contributed by atoms with van der Waals surface area (Å²) < 4.78 is 7.47. The van der Waals surface area contributed by atoms with E-state index in [0.29, 0.717) is 19.7 Å². The summed E-state index contributed by atoms with van der Waals surface area (Å²) in [6, 6.07) is 2.10. The van der Waals surface area contributed by atoms with E-state index in [1.54, 1.807) is 11.3 Å². The van der Waals surface area contributed by atoms with Gasteiger partial charge < -0.3 is 9.64 Å². The summed E-state index contributed by atoms with van der Waals surface area (Å²) in [6.45, 7) is 2.75. The van der Waals surface area contributed by atoms with E-state index < -0.39 is 0 Å². The van der Waals surface area contributed by atoms with Crippen LogP contribution >= 0.6 is 11.3 Å². The molecule has 1 amide bonds. The monoisotopic (exact) mass is 318 g/mol. The predicted octanol–water partition coefficient (Wildman–Crippen LogP) is 1.96. The van der Waals surface area contributed by atoms with Crippen LogP contribution in [0.5, 0.6) is 0 Å². The Bertz CT molecular complexity index is 644. The number of hydrogen-bond donors (Lipinski definition) is 0. The van der Waals surface area contributed by atoms with Gasteiger partial charge in [-0.15, -0.1) is 5.10 Å². The molecule has 7 heteroatoms. The van der Waals surface area contributed by atoms with E-state index in [2.05, 4.69) is 10.3 Å². The molecule has 0 spiro atoms.